The number of likely N-dealkylation sites (tertiary alicyclic amines) is 1. The molecule has 1 heterocycles. The van der Waals surface area contributed by atoms with E-state index in [9.17, 15) is 4.79 Å². The van der Waals surface area contributed by atoms with Gasteiger partial charge < -0.3 is 10.6 Å². The lowest BCUT2D eigenvalue weighted by molar-refractivity contribution is -0.131. The monoisotopic (exact) mass is 218 g/mol. The van der Waals surface area contributed by atoms with E-state index in [0.29, 0.717) is 6.42 Å². The van der Waals surface area contributed by atoms with Gasteiger partial charge >= 0.3 is 0 Å². The Bertz CT molecular complexity index is 344. The zero-order valence-electron chi connectivity index (χ0n) is 9.43. The fourth-order valence-electron chi connectivity index (χ4n) is 2.13. The fraction of sp³-hybridized carbons (Fsp3) is 0.462. The Labute approximate surface area is 96.2 Å². The second kappa shape index (κ2) is 5.12. The van der Waals surface area contributed by atoms with Crippen molar-refractivity contribution >= 4 is 5.91 Å². The molecule has 1 aromatic carbocycles. The molecular weight excluding hydrogens is 200 g/mol. The number of benzene rings is 1. The standard InChI is InChI=1S/C13H18N2O/c14-12(10-11-6-2-1-3-7-11)13(16)15-8-4-5-9-15/h1-3,6-7,12H,4-5,8-10,14H2/t12-/m1/s1. The van der Waals surface area contributed by atoms with Crippen LogP contribution >= 0.6 is 0 Å². The number of hydrogen-bond acceptors (Lipinski definition) is 2. The molecule has 2 N–H and O–H groups in total. The highest BCUT2D eigenvalue weighted by Crippen LogP contribution is 2.10. The molecule has 0 unspecified atom stereocenters. The lowest BCUT2D eigenvalue weighted by atomic mass is 10.1. The van der Waals surface area contributed by atoms with Crippen molar-refractivity contribution in [2.75, 3.05) is 13.1 Å². The van der Waals surface area contributed by atoms with Crippen molar-refractivity contribution in [2.45, 2.75) is 25.3 Å². The van der Waals surface area contributed by atoms with Gasteiger partial charge in [0.1, 0.15) is 0 Å². The molecule has 86 valence electrons. The summed E-state index contributed by atoms with van der Waals surface area (Å²) in [5, 5.41) is 0. The third-order valence-corrected chi connectivity index (χ3v) is 3.03. The summed E-state index contributed by atoms with van der Waals surface area (Å²) < 4.78 is 0. The van der Waals surface area contributed by atoms with Crippen LogP contribution in [0.3, 0.4) is 0 Å². The first kappa shape index (κ1) is 11.1. The fourth-order valence-corrected chi connectivity index (χ4v) is 2.13. The zero-order valence-corrected chi connectivity index (χ0v) is 9.43. The van der Waals surface area contributed by atoms with Gasteiger partial charge in [0.05, 0.1) is 6.04 Å². The summed E-state index contributed by atoms with van der Waals surface area (Å²) in [6, 6.07) is 9.55. The van der Waals surface area contributed by atoms with Crippen LogP contribution in [0.25, 0.3) is 0 Å². The minimum absolute atomic E-state index is 0.0985. The molecule has 0 saturated carbocycles. The SMILES string of the molecule is N[C@H](Cc1ccccc1)C(=O)N1CCCC1. The Morgan fingerprint density at radius 3 is 2.50 bits per heavy atom. The van der Waals surface area contributed by atoms with Crippen molar-refractivity contribution in [3.05, 3.63) is 35.9 Å². The van der Waals surface area contributed by atoms with Gasteiger partial charge in [-0.1, -0.05) is 30.3 Å². The summed E-state index contributed by atoms with van der Waals surface area (Å²) in [5.74, 6) is 0.0985. The van der Waals surface area contributed by atoms with Gasteiger partial charge in [0.2, 0.25) is 5.91 Å². The summed E-state index contributed by atoms with van der Waals surface area (Å²) in [6.07, 6.45) is 2.86. The first-order valence-electron chi connectivity index (χ1n) is 5.85. The summed E-state index contributed by atoms with van der Waals surface area (Å²) in [6.45, 7) is 1.75. The van der Waals surface area contributed by atoms with Crippen LogP contribution in [0.1, 0.15) is 18.4 Å². The van der Waals surface area contributed by atoms with Crippen LogP contribution in [-0.2, 0) is 11.2 Å². The van der Waals surface area contributed by atoms with Crippen LogP contribution in [0.2, 0.25) is 0 Å². The first-order chi connectivity index (χ1) is 7.77. The van der Waals surface area contributed by atoms with Crippen LogP contribution in [0, 0.1) is 0 Å². The highest BCUT2D eigenvalue weighted by Gasteiger charge is 2.23. The van der Waals surface area contributed by atoms with Crippen LogP contribution in [0.4, 0.5) is 0 Å². The number of nitrogens with two attached hydrogens (primary N) is 1. The summed E-state index contributed by atoms with van der Waals surface area (Å²) >= 11 is 0. The Kier molecular flexibility index (Phi) is 3.57. The van der Waals surface area contributed by atoms with Crippen LogP contribution in [-0.4, -0.2) is 29.9 Å². The van der Waals surface area contributed by atoms with E-state index >= 15 is 0 Å². The average Bonchev–Trinajstić information content (AvgIpc) is 2.83. The molecule has 1 saturated heterocycles. The van der Waals surface area contributed by atoms with Crippen molar-refractivity contribution < 1.29 is 4.79 Å². The molecular formula is C13H18N2O. The lowest BCUT2D eigenvalue weighted by Gasteiger charge is -2.20. The van der Waals surface area contributed by atoms with Gasteiger partial charge in [-0.05, 0) is 24.8 Å². The summed E-state index contributed by atoms with van der Waals surface area (Å²) in [4.78, 5) is 13.8. The number of nitrogens with zero attached hydrogens (tertiary/aromatic N) is 1. The average molecular weight is 218 g/mol. The molecule has 0 spiro atoms. The second-order valence-electron chi connectivity index (χ2n) is 4.33. The maximum absolute atomic E-state index is 12.0. The third-order valence-electron chi connectivity index (χ3n) is 3.03. The van der Waals surface area contributed by atoms with Crippen LogP contribution in [0.15, 0.2) is 30.3 Å². The normalized spacial score (nSPS) is 17.4. The topological polar surface area (TPSA) is 46.3 Å². The number of rotatable bonds is 3. The Balaban J connectivity index is 1.92. The Morgan fingerprint density at radius 2 is 1.88 bits per heavy atom. The largest absolute Gasteiger partial charge is 0.341 e. The Hall–Kier alpha value is -1.35. The molecule has 1 fully saturated rings. The third kappa shape index (κ3) is 2.61. The van der Waals surface area contributed by atoms with E-state index in [1.54, 1.807) is 0 Å². The van der Waals surface area contributed by atoms with Gasteiger partial charge in [0.25, 0.3) is 0 Å². The second-order valence-corrected chi connectivity index (χ2v) is 4.33. The van der Waals surface area contributed by atoms with E-state index in [2.05, 4.69) is 0 Å². The molecule has 0 radical (unpaired) electrons. The predicted molar refractivity (Wildman–Crippen MR) is 63.9 cm³/mol. The molecule has 3 heteroatoms. The van der Waals surface area contributed by atoms with Gasteiger partial charge in [-0.15, -0.1) is 0 Å². The van der Waals surface area contributed by atoms with Crippen molar-refractivity contribution in [3.8, 4) is 0 Å². The smallest absolute Gasteiger partial charge is 0.239 e. The maximum Gasteiger partial charge on any atom is 0.239 e. The quantitative estimate of drug-likeness (QED) is 0.828. The van der Waals surface area contributed by atoms with Gasteiger partial charge in [0.15, 0.2) is 0 Å². The van der Waals surface area contributed by atoms with E-state index in [0.717, 1.165) is 31.5 Å². The minimum atomic E-state index is -0.388. The molecule has 1 aliphatic heterocycles. The first-order valence-corrected chi connectivity index (χ1v) is 5.85. The van der Waals surface area contributed by atoms with Crippen molar-refractivity contribution in [1.82, 2.24) is 4.90 Å². The number of carbonyl (C=O) groups is 1. The van der Waals surface area contributed by atoms with Gasteiger partial charge in [-0.25, -0.2) is 0 Å². The van der Waals surface area contributed by atoms with E-state index < -0.39 is 0 Å². The summed E-state index contributed by atoms with van der Waals surface area (Å²) in [7, 11) is 0. The minimum Gasteiger partial charge on any atom is -0.341 e. The van der Waals surface area contributed by atoms with E-state index in [1.807, 2.05) is 35.2 Å². The maximum atomic E-state index is 12.0. The highest BCUT2D eigenvalue weighted by molar-refractivity contribution is 5.82. The zero-order chi connectivity index (χ0) is 11.4. The van der Waals surface area contributed by atoms with Crippen molar-refractivity contribution in [1.29, 1.82) is 0 Å². The van der Waals surface area contributed by atoms with E-state index in [4.69, 9.17) is 5.73 Å². The highest BCUT2D eigenvalue weighted by atomic mass is 16.2. The van der Waals surface area contributed by atoms with Crippen LogP contribution in [0.5, 0.6) is 0 Å². The van der Waals surface area contributed by atoms with Crippen LogP contribution < -0.4 is 5.73 Å². The van der Waals surface area contributed by atoms with E-state index in [1.165, 1.54) is 0 Å². The van der Waals surface area contributed by atoms with Crippen molar-refractivity contribution in [2.24, 2.45) is 5.73 Å². The Morgan fingerprint density at radius 1 is 1.25 bits per heavy atom. The predicted octanol–water partition coefficient (Wildman–Crippen LogP) is 1.18. The van der Waals surface area contributed by atoms with Gasteiger partial charge in [-0.3, -0.25) is 4.79 Å². The molecule has 0 aliphatic carbocycles. The lowest BCUT2D eigenvalue weighted by Crippen LogP contribution is -2.43. The molecule has 1 amide bonds. The molecule has 1 aromatic rings. The molecule has 0 aromatic heterocycles. The number of amides is 1. The molecule has 3 nitrogen and oxygen atoms in total. The molecule has 2 rings (SSSR count). The van der Waals surface area contributed by atoms with E-state index in [-0.39, 0.29) is 11.9 Å². The van der Waals surface area contributed by atoms with Crippen molar-refractivity contribution in [3.63, 3.8) is 0 Å². The van der Waals surface area contributed by atoms with Gasteiger partial charge in [0, 0.05) is 13.1 Å². The summed E-state index contributed by atoms with van der Waals surface area (Å²) in [5.41, 5.74) is 7.07. The van der Waals surface area contributed by atoms with Gasteiger partial charge in [-0.2, -0.15) is 0 Å². The molecule has 1 atom stereocenters. The number of hydrogen-bond donors (Lipinski definition) is 1. The molecule has 1 aliphatic rings. The molecule has 16 heavy (non-hydrogen) atoms. The number of carbonyl (C=O) groups excluding carboxylic acids is 1. The molecule has 0 bridgehead atoms.